The Hall–Kier alpha value is -4.21. The highest BCUT2D eigenvalue weighted by Gasteiger charge is 2.43. The van der Waals surface area contributed by atoms with E-state index in [0.29, 0.717) is 12.1 Å². The van der Waals surface area contributed by atoms with E-state index in [1.54, 1.807) is 32.0 Å². The molecule has 1 saturated heterocycles. The molecule has 2 aromatic rings. The highest BCUT2D eigenvalue weighted by atomic mass is 16.6. The van der Waals surface area contributed by atoms with Crippen molar-refractivity contribution in [3.63, 3.8) is 0 Å². The normalized spacial score (nSPS) is 17.7. The average Bonchev–Trinajstić information content (AvgIpc) is 3.26. The molecule has 1 unspecified atom stereocenters. The number of esters is 1. The van der Waals surface area contributed by atoms with Gasteiger partial charge >= 0.3 is 12.1 Å². The van der Waals surface area contributed by atoms with Gasteiger partial charge in [0.2, 0.25) is 5.91 Å². The van der Waals surface area contributed by atoms with Crippen LogP contribution in [0.4, 0.5) is 4.79 Å². The minimum absolute atomic E-state index is 0.0313. The Bertz CT molecular complexity index is 1260. The molecule has 1 N–H and O–H groups in total. The number of amides is 4. The van der Waals surface area contributed by atoms with Crippen molar-refractivity contribution in [2.24, 2.45) is 5.92 Å². The second-order valence-electron chi connectivity index (χ2n) is 9.96. The standard InChI is InChI=1S/C29H33N3O7/c1-4-20-11-8-12-21-22(20)15-31(26(21)34)23-13-14-24(33)32(27(23)35)17-39-28(36)25(18(2)3)30-29(37)38-16-19-9-6-5-7-10-19/h5-12,18,23,25H,4,13-17H2,1-3H3,(H,30,37)/t23?,25-/m1/s1. The number of hydrogen-bond donors (Lipinski definition) is 1. The molecule has 10 nitrogen and oxygen atoms in total. The molecule has 2 atom stereocenters. The summed E-state index contributed by atoms with van der Waals surface area (Å²) in [7, 11) is 0. The highest BCUT2D eigenvalue weighted by Crippen LogP contribution is 2.31. The van der Waals surface area contributed by atoms with Gasteiger partial charge in [-0.15, -0.1) is 0 Å². The van der Waals surface area contributed by atoms with Crippen molar-refractivity contribution in [2.45, 2.75) is 65.3 Å². The summed E-state index contributed by atoms with van der Waals surface area (Å²) in [6.07, 6.45) is 0.200. The lowest BCUT2D eigenvalue weighted by Gasteiger charge is -2.35. The van der Waals surface area contributed by atoms with Crippen LogP contribution in [0.3, 0.4) is 0 Å². The minimum atomic E-state index is -1.05. The number of alkyl carbamates (subject to hydrolysis) is 1. The Morgan fingerprint density at radius 1 is 1.03 bits per heavy atom. The maximum Gasteiger partial charge on any atom is 0.408 e. The smallest absolute Gasteiger partial charge is 0.408 e. The molecule has 2 aromatic carbocycles. The van der Waals surface area contributed by atoms with Gasteiger partial charge in [0.25, 0.3) is 11.8 Å². The number of fused-ring (bicyclic) bond motifs is 1. The van der Waals surface area contributed by atoms with Crippen molar-refractivity contribution >= 4 is 29.8 Å². The van der Waals surface area contributed by atoms with Crippen molar-refractivity contribution in [2.75, 3.05) is 6.73 Å². The van der Waals surface area contributed by atoms with E-state index in [1.807, 2.05) is 37.3 Å². The molecule has 0 bridgehead atoms. The van der Waals surface area contributed by atoms with Crippen LogP contribution in [0.1, 0.15) is 60.7 Å². The Labute approximate surface area is 227 Å². The predicted octanol–water partition coefficient (Wildman–Crippen LogP) is 3.17. The largest absolute Gasteiger partial charge is 0.445 e. The number of ether oxygens (including phenoxy) is 2. The molecule has 4 rings (SSSR count). The number of carbonyl (C=O) groups is 5. The first-order chi connectivity index (χ1) is 18.7. The van der Waals surface area contributed by atoms with E-state index in [1.165, 1.54) is 4.90 Å². The van der Waals surface area contributed by atoms with E-state index < -0.39 is 42.7 Å². The Balaban J connectivity index is 1.36. The summed E-state index contributed by atoms with van der Waals surface area (Å²) in [4.78, 5) is 66.6. The van der Waals surface area contributed by atoms with Crippen LogP contribution in [0, 0.1) is 5.92 Å². The maximum absolute atomic E-state index is 13.3. The van der Waals surface area contributed by atoms with Crippen LogP contribution in [0.25, 0.3) is 0 Å². The zero-order chi connectivity index (χ0) is 28.1. The van der Waals surface area contributed by atoms with Gasteiger partial charge in [0, 0.05) is 18.5 Å². The fourth-order valence-electron chi connectivity index (χ4n) is 4.86. The van der Waals surface area contributed by atoms with Gasteiger partial charge in [-0.05, 0) is 41.5 Å². The number of carbonyl (C=O) groups excluding carboxylic acids is 5. The van der Waals surface area contributed by atoms with E-state index >= 15 is 0 Å². The second kappa shape index (κ2) is 12.1. The van der Waals surface area contributed by atoms with E-state index in [4.69, 9.17) is 9.47 Å². The van der Waals surface area contributed by atoms with Crippen molar-refractivity contribution in [1.82, 2.24) is 15.1 Å². The molecule has 2 aliphatic heterocycles. The van der Waals surface area contributed by atoms with Crippen LogP contribution in [-0.2, 0) is 43.4 Å². The van der Waals surface area contributed by atoms with Gasteiger partial charge in [-0.2, -0.15) is 0 Å². The predicted molar refractivity (Wildman–Crippen MR) is 140 cm³/mol. The maximum atomic E-state index is 13.3. The zero-order valence-corrected chi connectivity index (χ0v) is 22.3. The molecular weight excluding hydrogens is 502 g/mol. The lowest BCUT2D eigenvalue weighted by atomic mass is 10.0. The number of piperidine rings is 1. The van der Waals surface area contributed by atoms with Gasteiger partial charge < -0.3 is 19.7 Å². The SMILES string of the molecule is CCc1cccc2c1CN(C1CCC(=O)N(COC(=O)[C@H](NC(=O)OCc3ccccc3)C(C)C)C1=O)C2=O. The molecule has 1 fully saturated rings. The molecular formula is C29H33N3O7. The first-order valence-electron chi connectivity index (χ1n) is 13.1. The van der Waals surface area contributed by atoms with Crippen LogP contribution < -0.4 is 5.32 Å². The van der Waals surface area contributed by atoms with Gasteiger partial charge in [0.1, 0.15) is 18.7 Å². The quantitative estimate of drug-likeness (QED) is 0.387. The summed E-state index contributed by atoms with van der Waals surface area (Å²) >= 11 is 0. The molecule has 0 aromatic heterocycles. The van der Waals surface area contributed by atoms with Crippen molar-refractivity contribution < 1.29 is 33.4 Å². The molecule has 10 heteroatoms. The Kier molecular flexibility index (Phi) is 8.63. The summed E-state index contributed by atoms with van der Waals surface area (Å²) in [5, 5.41) is 2.50. The zero-order valence-electron chi connectivity index (χ0n) is 22.3. The third-order valence-corrected chi connectivity index (χ3v) is 7.08. The minimum Gasteiger partial charge on any atom is -0.445 e. The summed E-state index contributed by atoms with van der Waals surface area (Å²) in [6.45, 7) is 5.16. The number of benzene rings is 2. The van der Waals surface area contributed by atoms with Crippen molar-refractivity contribution in [3.8, 4) is 0 Å². The molecule has 0 spiro atoms. The van der Waals surface area contributed by atoms with Crippen LogP contribution in [0.5, 0.6) is 0 Å². The monoisotopic (exact) mass is 535 g/mol. The average molecular weight is 536 g/mol. The van der Waals surface area contributed by atoms with E-state index in [0.717, 1.165) is 28.0 Å². The summed E-state index contributed by atoms with van der Waals surface area (Å²) in [6, 6.07) is 12.7. The fourth-order valence-corrected chi connectivity index (χ4v) is 4.86. The first kappa shape index (κ1) is 27.8. The van der Waals surface area contributed by atoms with E-state index in [9.17, 15) is 24.0 Å². The summed E-state index contributed by atoms with van der Waals surface area (Å²) in [5.74, 6) is -2.48. The van der Waals surface area contributed by atoms with Gasteiger partial charge in [-0.3, -0.25) is 14.4 Å². The second-order valence-corrected chi connectivity index (χ2v) is 9.96. The van der Waals surface area contributed by atoms with Crippen LogP contribution in [0.2, 0.25) is 0 Å². The van der Waals surface area contributed by atoms with E-state index in [2.05, 4.69) is 5.32 Å². The molecule has 0 saturated carbocycles. The Morgan fingerprint density at radius 3 is 2.46 bits per heavy atom. The topological polar surface area (TPSA) is 122 Å². The van der Waals surface area contributed by atoms with Crippen LogP contribution in [-0.4, -0.2) is 58.4 Å². The number of imide groups is 1. The van der Waals surface area contributed by atoms with Gasteiger partial charge in [-0.25, -0.2) is 14.5 Å². The number of aryl methyl sites for hydroxylation is 1. The van der Waals surface area contributed by atoms with Gasteiger partial charge in [-0.1, -0.05) is 63.2 Å². The third-order valence-electron chi connectivity index (χ3n) is 7.08. The van der Waals surface area contributed by atoms with Crippen LogP contribution >= 0.6 is 0 Å². The third kappa shape index (κ3) is 6.10. The molecule has 4 amide bonds. The number of nitrogens with one attached hydrogen (secondary N) is 1. The van der Waals surface area contributed by atoms with Crippen molar-refractivity contribution in [1.29, 1.82) is 0 Å². The number of rotatable bonds is 9. The lowest BCUT2D eigenvalue weighted by Crippen LogP contribution is -2.55. The van der Waals surface area contributed by atoms with E-state index in [-0.39, 0.29) is 31.3 Å². The van der Waals surface area contributed by atoms with Crippen LogP contribution in [0.15, 0.2) is 48.5 Å². The van der Waals surface area contributed by atoms with Gasteiger partial charge in [0.05, 0.1) is 0 Å². The number of nitrogens with zero attached hydrogens (tertiary/aromatic N) is 2. The number of likely N-dealkylation sites (tertiary alicyclic amines) is 1. The molecule has 39 heavy (non-hydrogen) atoms. The first-order valence-corrected chi connectivity index (χ1v) is 13.1. The van der Waals surface area contributed by atoms with Crippen molar-refractivity contribution in [3.05, 3.63) is 70.8 Å². The molecule has 2 aliphatic rings. The molecule has 0 radical (unpaired) electrons. The lowest BCUT2D eigenvalue weighted by molar-refractivity contribution is -0.165. The molecule has 0 aliphatic carbocycles. The Morgan fingerprint density at radius 2 is 1.77 bits per heavy atom. The fraction of sp³-hybridized carbons (Fsp3) is 0.414. The molecule has 2 heterocycles. The van der Waals surface area contributed by atoms with Gasteiger partial charge in [0.15, 0.2) is 6.73 Å². The molecule has 206 valence electrons. The summed E-state index contributed by atoms with van der Waals surface area (Å²) in [5.41, 5.74) is 3.31. The number of hydrogen-bond acceptors (Lipinski definition) is 7. The highest BCUT2D eigenvalue weighted by molar-refractivity contribution is 6.05. The summed E-state index contributed by atoms with van der Waals surface area (Å²) < 4.78 is 10.5.